The first-order chi connectivity index (χ1) is 5.84. The molecule has 0 bridgehead atoms. The van der Waals surface area contributed by atoms with Crippen LogP contribution in [0.25, 0.3) is 0 Å². The first-order valence-corrected chi connectivity index (χ1v) is 4.18. The van der Waals surface area contributed by atoms with Crippen LogP contribution in [0.4, 0.5) is 13.2 Å². The summed E-state index contributed by atoms with van der Waals surface area (Å²) in [7, 11) is 0. The summed E-state index contributed by atoms with van der Waals surface area (Å²) < 4.78 is 35.8. The van der Waals surface area contributed by atoms with Crippen LogP contribution in [-0.4, -0.2) is 0 Å². The van der Waals surface area contributed by atoms with Crippen molar-refractivity contribution in [2.24, 2.45) is 0 Å². The third kappa shape index (κ3) is 2.22. The monoisotopic (exact) mass is 248 g/mol. The van der Waals surface area contributed by atoms with Crippen molar-refractivity contribution in [3.8, 4) is 0 Å². The maximum absolute atomic E-state index is 12.9. The fourth-order valence-corrected chi connectivity index (χ4v) is 1.18. The van der Waals surface area contributed by atoms with Crippen molar-refractivity contribution < 1.29 is 13.2 Å². The first-order valence-electron chi connectivity index (χ1n) is 3.04. The lowest BCUT2D eigenvalue weighted by Gasteiger charge is -2.12. The van der Waals surface area contributed by atoms with Gasteiger partial charge in [0.1, 0.15) is 0 Å². The maximum atomic E-state index is 12.9. The highest BCUT2D eigenvalue weighted by Gasteiger charge is 2.29. The Kier molecular flexibility index (Phi) is 3.00. The minimum Gasteiger partial charge on any atom is -0.204 e. The third-order valence-corrected chi connectivity index (χ3v) is 1.95. The van der Waals surface area contributed by atoms with E-state index in [4.69, 9.17) is 34.8 Å². The van der Waals surface area contributed by atoms with Gasteiger partial charge in [0, 0.05) is 5.56 Å². The Hall–Kier alpha value is -0.120. The SMILES string of the molecule is Fc1ccc(C(Cl)(Cl)Cl)c(F)c1F. The lowest BCUT2D eigenvalue weighted by atomic mass is 10.2. The molecule has 0 heterocycles. The van der Waals surface area contributed by atoms with Crippen LogP contribution in [0.2, 0.25) is 0 Å². The summed E-state index contributed by atoms with van der Waals surface area (Å²) in [6.45, 7) is 0. The Morgan fingerprint density at radius 2 is 1.46 bits per heavy atom. The van der Waals surface area contributed by atoms with Crippen LogP contribution in [-0.2, 0) is 3.79 Å². The topological polar surface area (TPSA) is 0 Å². The predicted molar refractivity (Wildman–Crippen MR) is 45.6 cm³/mol. The van der Waals surface area contributed by atoms with Crippen molar-refractivity contribution >= 4 is 34.8 Å². The fourth-order valence-electron chi connectivity index (χ4n) is 0.745. The fraction of sp³-hybridized carbons (Fsp3) is 0.143. The van der Waals surface area contributed by atoms with E-state index in [1.807, 2.05) is 0 Å². The molecule has 72 valence electrons. The molecule has 0 atom stereocenters. The molecule has 0 spiro atoms. The van der Waals surface area contributed by atoms with E-state index in [1.165, 1.54) is 0 Å². The molecule has 0 nitrogen and oxygen atoms in total. The van der Waals surface area contributed by atoms with Crippen molar-refractivity contribution in [3.05, 3.63) is 35.1 Å². The number of alkyl halides is 3. The molecule has 0 saturated heterocycles. The Morgan fingerprint density at radius 3 is 1.92 bits per heavy atom. The number of hydrogen-bond donors (Lipinski definition) is 0. The van der Waals surface area contributed by atoms with Crippen LogP contribution in [0.15, 0.2) is 12.1 Å². The van der Waals surface area contributed by atoms with E-state index < -0.39 is 26.8 Å². The van der Waals surface area contributed by atoms with E-state index in [2.05, 4.69) is 0 Å². The van der Waals surface area contributed by atoms with Gasteiger partial charge in [-0.05, 0) is 12.1 Å². The number of hydrogen-bond acceptors (Lipinski definition) is 0. The van der Waals surface area contributed by atoms with Crippen LogP contribution in [0.5, 0.6) is 0 Å². The van der Waals surface area contributed by atoms with Crippen molar-refractivity contribution in [3.63, 3.8) is 0 Å². The van der Waals surface area contributed by atoms with Crippen molar-refractivity contribution in [2.75, 3.05) is 0 Å². The summed E-state index contributed by atoms with van der Waals surface area (Å²) in [6, 6.07) is 1.57. The highest BCUT2D eigenvalue weighted by molar-refractivity contribution is 6.66. The quantitative estimate of drug-likeness (QED) is 0.483. The van der Waals surface area contributed by atoms with Gasteiger partial charge in [0.05, 0.1) is 0 Å². The molecule has 0 N–H and O–H groups in total. The Balaban J connectivity index is 3.35. The molecule has 0 aliphatic rings. The molecule has 1 aromatic carbocycles. The average Bonchev–Trinajstić information content (AvgIpc) is 1.98. The molecule has 0 radical (unpaired) electrons. The Bertz CT molecular complexity index is 332. The van der Waals surface area contributed by atoms with Gasteiger partial charge in [-0.2, -0.15) is 0 Å². The second kappa shape index (κ2) is 3.56. The predicted octanol–water partition coefficient (Wildman–Crippen LogP) is 3.93. The van der Waals surface area contributed by atoms with Crippen molar-refractivity contribution in [1.82, 2.24) is 0 Å². The molecule has 0 fully saturated rings. The summed E-state index contributed by atoms with van der Waals surface area (Å²) in [6.07, 6.45) is 0. The number of rotatable bonds is 0. The summed E-state index contributed by atoms with van der Waals surface area (Å²) in [4.78, 5) is 0. The normalized spacial score (nSPS) is 11.8. The first kappa shape index (κ1) is 11.0. The zero-order valence-electron chi connectivity index (χ0n) is 5.92. The molecule has 0 aromatic heterocycles. The van der Waals surface area contributed by atoms with E-state index in [-0.39, 0.29) is 0 Å². The molecule has 0 unspecified atom stereocenters. The van der Waals surface area contributed by atoms with Crippen LogP contribution < -0.4 is 0 Å². The molecular weight excluding hydrogens is 247 g/mol. The van der Waals surface area contributed by atoms with Gasteiger partial charge in [-0.15, -0.1) is 0 Å². The highest BCUT2D eigenvalue weighted by atomic mass is 35.6. The van der Waals surface area contributed by atoms with Crippen LogP contribution in [0, 0.1) is 17.5 Å². The number of benzene rings is 1. The van der Waals surface area contributed by atoms with Crippen molar-refractivity contribution in [1.29, 1.82) is 0 Å². The van der Waals surface area contributed by atoms with E-state index in [1.54, 1.807) is 0 Å². The molecule has 0 aliphatic carbocycles. The maximum Gasteiger partial charge on any atom is 0.218 e. The van der Waals surface area contributed by atoms with E-state index >= 15 is 0 Å². The van der Waals surface area contributed by atoms with E-state index in [0.717, 1.165) is 6.07 Å². The third-order valence-electron chi connectivity index (χ3n) is 1.34. The zero-order valence-corrected chi connectivity index (χ0v) is 8.19. The summed E-state index contributed by atoms with van der Waals surface area (Å²) in [5.41, 5.74) is -0.517. The minimum atomic E-state index is -2.10. The zero-order chi connectivity index (χ0) is 10.2. The largest absolute Gasteiger partial charge is 0.218 e. The van der Waals surface area contributed by atoms with E-state index in [9.17, 15) is 13.2 Å². The van der Waals surface area contributed by atoms with Crippen molar-refractivity contribution in [2.45, 2.75) is 3.79 Å². The summed E-state index contributed by atoms with van der Waals surface area (Å²) >= 11 is 15.9. The molecule has 0 saturated carbocycles. The van der Waals surface area contributed by atoms with Crippen LogP contribution >= 0.6 is 34.8 Å². The molecule has 0 aliphatic heterocycles. The minimum absolute atomic E-state index is 0.517. The summed E-state index contributed by atoms with van der Waals surface area (Å²) in [5.74, 6) is -4.46. The van der Waals surface area contributed by atoms with Gasteiger partial charge in [-0.3, -0.25) is 0 Å². The molecule has 13 heavy (non-hydrogen) atoms. The van der Waals surface area contributed by atoms with Crippen LogP contribution in [0.3, 0.4) is 0 Å². The van der Waals surface area contributed by atoms with Gasteiger partial charge in [-0.1, -0.05) is 34.8 Å². The van der Waals surface area contributed by atoms with Gasteiger partial charge < -0.3 is 0 Å². The molecule has 1 rings (SSSR count). The van der Waals surface area contributed by atoms with Gasteiger partial charge in [0.15, 0.2) is 17.5 Å². The van der Waals surface area contributed by atoms with Gasteiger partial charge >= 0.3 is 0 Å². The second-order valence-corrected chi connectivity index (χ2v) is 4.50. The van der Waals surface area contributed by atoms with E-state index in [0.29, 0.717) is 6.07 Å². The average molecular weight is 249 g/mol. The number of halogens is 6. The van der Waals surface area contributed by atoms with Gasteiger partial charge in [-0.25, -0.2) is 13.2 Å². The van der Waals surface area contributed by atoms with Gasteiger partial charge in [0.2, 0.25) is 3.79 Å². The Morgan fingerprint density at radius 1 is 0.923 bits per heavy atom. The second-order valence-electron chi connectivity index (χ2n) is 2.22. The highest BCUT2D eigenvalue weighted by Crippen LogP contribution is 2.40. The standard InChI is InChI=1S/C7H2Cl3F3/c8-7(9,10)3-1-2-4(11)6(13)5(3)12/h1-2H. The van der Waals surface area contributed by atoms with Gasteiger partial charge in [0.25, 0.3) is 0 Å². The Labute approximate surface area is 87.2 Å². The lowest BCUT2D eigenvalue weighted by Crippen LogP contribution is -2.06. The van der Waals surface area contributed by atoms with Crippen LogP contribution in [0.1, 0.15) is 5.56 Å². The summed E-state index contributed by atoms with van der Waals surface area (Å²) in [5, 5.41) is 0. The molecule has 6 heteroatoms. The lowest BCUT2D eigenvalue weighted by molar-refractivity contribution is 0.441. The molecule has 1 aromatic rings. The molecular formula is C7H2Cl3F3. The smallest absolute Gasteiger partial charge is 0.204 e. The molecule has 0 amide bonds.